The van der Waals surface area contributed by atoms with Gasteiger partial charge in [-0.05, 0) is 29.8 Å². The van der Waals surface area contributed by atoms with Gasteiger partial charge in [-0.15, -0.1) is 0 Å². The van der Waals surface area contributed by atoms with Crippen LogP contribution in [0.5, 0.6) is 0 Å². The van der Waals surface area contributed by atoms with Crippen molar-refractivity contribution in [3.63, 3.8) is 0 Å². The van der Waals surface area contributed by atoms with Gasteiger partial charge in [-0.1, -0.05) is 30.3 Å². The Morgan fingerprint density at radius 1 is 1.00 bits per heavy atom. The van der Waals surface area contributed by atoms with E-state index in [0.717, 1.165) is 11.3 Å². The Balaban J connectivity index is 2.02. The second kappa shape index (κ2) is 6.52. The highest BCUT2D eigenvalue weighted by Crippen LogP contribution is 2.10. The Kier molecular flexibility index (Phi) is 4.50. The third-order valence-corrected chi connectivity index (χ3v) is 2.82. The number of methoxy groups -OCH3 is 1. The van der Waals surface area contributed by atoms with E-state index in [2.05, 4.69) is 10.1 Å². The predicted molar refractivity (Wildman–Crippen MR) is 76.6 cm³/mol. The number of rotatable bonds is 4. The molecule has 2 aromatic rings. The van der Waals surface area contributed by atoms with E-state index in [1.165, 1.54) is 7.11 Å². The average Bonchev–Trinajstić information content (AvgIpc) is 2.49. The highest BCUT2D eigenvalue weighted by Gasteiger charge is 2.07. The normalized spacial score (nSPS) is 9.85. The fourth-order valence-electron chi connectivity index (χ4n) is 1.74. The number of anilines is 1. The molecular weight excluding hydrogens is 254 g/mol. The monoisotopic (exact) mass is 269 g/mol. The third kappa shape index (κ3) is 3.68. The smallest absolute Gasteiger partial charge is 0.309 e. The summed E-state index contributed by atoms with van der Waals surface area (Å²) in [6, 6.07) is 16.1. The van der Waals surface area contributed by atoms with Crippen molar-refractivity contribution in [2.45, 2.75) is 6.42 Å². The fourth-order valence-corrected chi connectivity index (χ4v) is 1.74. The van der Waals surface area contributed by atoms with Crippen molar-refractivity contribution >= 4 is 17.6 Å². The number of carbonyl (C=O) groups excluding carboxylic acids is 2. The summed E-state index contributed by atoms with van der Waals surface area (Å²) in [5.74, 6) is -0.479. The zero-order chi connectivity index (χ0) is 14.4. The third-order valence-electron chi connectivity index (χ3n) is 2.82. The van der Waals surface area contributed by atoms with Gasteiger partial charge < -0.3 is 10.1 Å². The first kappa shape index (κ1) is 13.8. The summed E-state index contributed by atoms with van der Waals surface area (Å²) in [6.45, 7) is 0. The van der Waals surface area contributed by atoms with Crippen LogP contribution in [0.1, 0.15) is 15.9 Å². The molecule has 2 rings (SSSR count). The van der Waals surface area contributed by atoms with Crippen molar-refractivity contribution in [2.75, 3.05) is 12.4 Å². The minimum absolute atomic E-state index is 0.180. The number of benzene rings is 2. The van der Waals surface area contributed by atoms with E-state index in [4.69, 9.17) is 0 Å². The van der Waals surface area contributed by atoms with Crippen LogP contribution in [0.2, 0.25) is 0 Å². The topological polar surface area (TPSA) is 55.4 Å². The molecule has 102 valence electrons. The Bertz CT molecular complexity index is 591. The lowest BCUT2D eigenvalue weighted by Crippen LogP contribution is -2.12. The van der Waals surface area contributed by atoms with Gasteiger partial charge in [0.05, 0.1) is 13.5 Å². The van der Waals surface area contributed by atoms with Gasteiger partial charge in [0.15, 0.2) is 0 Å². The minimum atomic E-state index is -0.300. The van der Waals surface area contributed by atoms with Crippen LogP contribution in [-0.4, -0.2) is 19.0 Å². The van der Waals surface area contributed by atoms with Crippen LogP contribution in [0.4, 0.5) is 5.69 Å². The predicted octanol–water partition coefficient (Wildman–Crippen LogP) is 2.65. The lowest BCUT2D eigenvalue weighted by Gasteiger charge is -2.06. The first-order valence-electron chi connectivity index (χ1n) is 6.21. The van der Waals surface area contributed by atoms with Crippen molar-refractivity contribution in [3.05, 3.63) is 65.7 Å². The molecule has 0 atom stereocenters. The maximum Gasteiger partial charge on any atom is 0.309 e. The molecule has 0 spiro atoms. The summed E-state index contributed by atoms with van der Waals surface area (Å²) < 4.78 is 4.59. The fraction of sp³-hybridized carbons (Fsp3) is 0.125. The van der Waals surface area contributed by atoms with Crippen molar-refractivity contribution in [1.82, 2.24) is 0 Å². The zero-order valence-electron chi connectivity index (χ0n) is 11.1. The van der Waals surface area contributed by atoms with E-state index in [1.54, 1.807) is 24.3 Å². The van der Waals surface area contributed by atoms with Gasteiger partial charge in [0, 0.05) is 11.3 Å². The molecule has 1 amide bonds. The number of hydrogen-bond donors (Lipinski definition) is 1. The number of carbonyl (C=O) groups is 2. The minimum Gasteiger partial charge on any atom is -0.469 e. The van der Waals surface area contributed by atoms with E-state index >= 15 is 0 Å². The van der Waals surface area contributed by atoms with Crippen LogP contribution in [0, 0.1) is 0 Å². The molecule has 4 heteroatoms. The van der Waals surface area contributed by atoms with Crippen LogP contribution >= 0.6 is 0 Å². The Morgan fingerprint density at radius 2 is 1.65 bits per heavy atom. The van der Waals surface area contributed by atoms with Gasteiger partial charge in [-0.3, -0.25) is 9.59 Å². The molecule has 4 nitrogen and oxygen atoms in total. The summed E-state index contributed by atoms with van der Waals surface area (Å²) in [5.41, 5.74) is 2.10. The van der Waals surface area contributed by atoms with Crippen molar-refractivity contribution < 1.29 is 14.3 Å². The summed E-state index contributed by atoms with van der Waals surface area (Å²) in [6.07, 6.45) is 0.205. The van der Waals surface area contributed by atoms with Gasteiger partial charge in [0.1, 0.15) is 0 Å². The second-order valence-corrected chi connectivity index (χ2v) is 4.27. The molecule has 0 radical (unpaired) electrons. The van der Waals surface area contributed by atoms with Crippen LogP contribution < -0.4 is 5.32 Å². The zero-order valence-corrected chi connectivity index (χ0v) is 11.1. The number of para-hydroxylation sites is 1. The average molecular weight is 269 g/mol. The van der Waals surface area contributed by atoms with Crippen LogP contribution in [-0.2, 0) is 16.0 Å². The highest BCUT2D eigenvalue weighted by atomic mass is 16.5. The first-order chi connectivity index (χ1) is 9.69. The highest BCUT2D eigenvalue weighted by molar-refractivity contribution is 6.04. The molecule has 20 heavy (non-hydrogen) atoms. The molecule has 0 unspecified atom stereocenters. The van der Waals surface area contributed by atoms with Crippen molar-refractivity contribution in [3.8, 4) is 0 Å². The molecule has 0 aromatic heterocycles. The number of ether oxygens (including phenoxy) is 1. The van der Waals surface area contributed by atoms with E-state index in [9.17, 15) is 9.59 Å². The number of esters is 1. The molecule has 0 heterocycles. The molecule has 0 saturated heterocycles. The molecule has 0 fully saturated rings. The van der Waals surface area contributed by atoms with E-state index in [1.807, 2.05) is 30.3 Å². The Hall–Kier alpha value is -2.62. The van der Waals surface area contributed by atoms with Gasteiger partial charge in [-0.25, -0.2) is 0 Å². The molecule has 1 N–H and O–H groups in total. The van der Waals surface area contributed by atoms with Crippen LogP contribution in [0.15, 0.2) is 54.6 Å². The first-order valence-corrected chi connectivity index (χ1v) is 6.21. The molecule has 0 aliphatic rings. The number of amides is 1. The quantitative estimate of drug-likeness (QED) is 0.868. The van der Waals surface area contributed by atoms with E-state index < -0.39 is 0 Å². The maximum absolute atomic E-state index is 12.0. The lowest BCUT2D eigenvalue weighted by atomic mass is 10.1. The standard InChI is InChI=1S/C16H15NO3/c1-20-15(18)11-12-7-9-13(10-8-12)16(19)17-14-5-3-2-4-6-14/h2-10H,11H2,1H3,(H,17,19). The SMILES string of the molecule is COC(=O)Cc1ccc(C(=O)Nc2ccccc2)cc1. The van der Waals surface area contributed by atoms with Crippen molar-refractivity contribution in [1.29, 1.82) is 0 Å². The molecular formula is C16H15NO3. The summed E-state index contributed by atoms with van der Waals surface area (Å²) >= 11 is 0. The summed E-state index contributed by atoms with van der Waals surface area (Å²) in [5, 5.41) is 2.80. The molecule has 0 bridgehead atoms. The van der Waals surface area contributed by atoms with Gasteiger partial charge in [-0.2, -0.15) is 0 Å². The van der Waals surface area contributed by atoms with Crippen molar-refractivity contribution in [2.24, 2.45) is 0 Å². The molecule has 2 aromatic carbocycles. The number of hydrogen-bond acceptors (Lipinski definition) is 3. The van der Waals surface area contributed by atoms with Gasteiger partial charge in [0.2, 0.25) is 0 Å². The largest absolute Gasteiger partial charge is 0.469 e. The van der Waals surface area contributed by atoms with Gasteiger partial charge >= 0.3 is 5.97 Å². The van der Waals surface area contributed by atoms with E-state index in [0.29, 0.717) is 5.56 Å². The lowest BCUT2D eigenvalue weighted by molar-refractivity contribution is -0.139. The van der Waals surface area contributed by atoms with Crippen LogP contribution in [0.25, 0.3) is 0 Å². The Morgan fingerprint density at radius 3 is 2.25 bits per heavy atom. The molecule has 0 saturated carbocycles. The molecule has 0 aliphatic heterocycles. The van der Waals surface area contributed by atoms with Crippen LogP contribution in [0.3, 0.4) is 0 Å². The summed E-state index contributed by atoms with van der Waals surface area (Å²) in [7, 11) is 1.35. The molecule has 0 aliphatic carbocycles. The van der Waals surface area contributed by atoms with Gasteiger partial charge in [0.25, 0.3) is 5.91 Å². The maximum atomic E-state index is 12.0. The number of nitrogens with one attached hydrogen (secondary N) is 1. The van der Waals surface area contributed by atoms with E-state index in [-0.39, 0.29) is 18.3 Å². The summed E-state index contributed by atoms with van der Waals surface area (Å²) in [4.78, 5) is 23.1. The second-order valence-electron chi connectivity index (χ2n) is 4.27. The Labute approximate surface area is 117 Å².